The molecule has 0 aliphatic rings. The van der Waals surface area contributed by atoms with Crippen LogP contribution >= 0.6 is 0 Å². The maximum atomic E-state index is 12.1. The van der Waals surface area contributed by atoms with Gasteiger partial charge in [-0.1, -0.05) is 12.1 Å². The first-order valence-corrected chi connectivity index (χ1v) is 7.69. The zero-order valence-electron chi connectivity index (χ0n) is 11.5. The Bertz CT molecular complexity index is 645. The highest BCUT2D eigenvalue weighted by atomic mass is 32.2. The molecule has 0 unspecified atom stereocenters. The number of carbonyl (C=O) groups excluding carboxylic acids is 1. The summed E-state index contributed by atoms with van der Waals surface area (Å²) in [5, 5.41) is 11.0. The normalized spacial score (nSPS) is 11.5. The molecule has 0 heterocycles. The summed E-state index contributed by atoms with van der Waals surface area (Å²) < 4.78 is 26.8. The number of hydrogen-bond acceptors (Lipinski definition) is 5. The number of nitrogens with one attached hydrogen (secondary N) is 1. The molecule has 1 aromatic rings. The SMILES string of the molecule is CC(C)(C(=O)Nc1ccccc1OCC#N)S(C)(=O)=O. The third-order valence-corrected chi connectivity index (χ3v) is 4.94. The molecule has 0 spiro atoms. The topological polar surface area (TPSA) is 96.3 Å². The first kappa shape index (κ1) is 16.0. The highest BCUT2D eigenvalue weighted by Gasteiger charge is 2.38. The van der Waals surface area contributed by atoms with Gasteiger partial charge in [-0.2, -0.15) is 5.26 Å². The van der Waals surface area contributed by atoms with Crippen LogP contribution in [0.1, 0.15) is 13.8 Å². The molecule has 0 aliphatic heterocycles. The summed E-state index contributed by atoms with van der Waals surface area (Å²) in [5.74, 6) is -0.347. The quantitative estimate of drug-likeness (QED) is 0.884. The van der Waals surface area contributed by atoms with E-state index in [1.54, 1.807) is 24.3 Å². The molecular formula is C13H16N2O4S. The Balaban J connectivity index is 3.00. The van der Waals surface area contributed by atoms with Crippen LogP contribution in [0.3, 0.4) is 0 Å². The Morgan fingerprint density at radius 1 is 1.40 bits per heavy atom. The van der Waals surface area contributed by atoms with Crippen molar-refractivity contribution in [2.75, 3.05) is 18.2 Å². The molecule has 0 atom stereocenters. The molecule has 0 saturated carbocycles. The molecule has 0 aliphatic carbocycles. The van der Waals surface area contributed by atoms with Crippen molar-refractivity contribution in [1.29, 1.82) is 5.26 Å². The van der Waals surface area contributed by atoms with Crippen LogP contribution in [0.2, 0.25) is 0 Å². The third-order valence-electron chi connectivity index (χ3n) is 2.90. The molecule has 1 rings (SSSR count). The first-order valence-electron chi connectivity index (χ1n) is 5.80. The van der Waals surface area contributed by atoms with Crippen LogP contribution < -0.4 is 10.1 Å². The average Bonchev–Trinajstić information content (AvgIpc) is 2.36. The second-order valence-electron chi connectivity index (χ2n) is 4.68. The van der Waals surface area contributed by atoms with Gasteiger partial charge in [0, 0.05) is 6.26 Å². The number of nitriles is 1. The molecule has 0 saturated heterocycles. The molecule has 1 amide bonds. The van der Waals surface area contributed by atoms with E-state index in [0.29, 0.717) is 11.4 Å². The lowest BCUT2D eigenvalue weighted by molar-refractivity contribution is -0.117. The number of amides is 1. The summed E-state index contributed by atoms with van der Waals surface area (Å²) in [7, 11) is -3.56. The van der Waals surface area contributed by atoms with E-state index in [2.05, 4.69) is 5.32 Å². The molecule has 0 fully saturated rings. The predicted molar refractivity (Wildman–Crippen MR) is 75.1 cm³/mol. The number of ether oxygens (including phenoxy) is 1. The summed E-state index contributed by atoms with van der Waals surface area (Å²) in [4.78, 5) is 12.1. The lowest BCUT2D eigenvalue weighted by Crippen LogP contribution is -2.43. The van der Waals surface area contributed by atoms with E-state index in [4.69, 9.17) is 10.00 Å². The van der Waals surface area contributed by atoms with Gasteiger partial charge in [-0.3, -0.25) is 4.79 Å². The number of nitrogens with zero attached hydrogens (tertiary/aromatic N) is 1. The van der Waals surface area contributed by atoms with Gasteiger partial charge in [-0.15, -0.1) is 0 Å². The highest BCUT2D eigenvalue weighted by Crippen LogP contribution is 2.26. The molecule has 1 N–H and O–H groups in total. The van der Waals surface area contributed by atoms with Crippen molar-refractivity contribution in [3.05, 3.63) is 24.3 Å². The van der Waals surface area contributed by atoms with E-state index < -0.39 is 20.5 Å². The van der Waals surface area contributed by atoms with Crippen LogP contribution in [0.15, 0.2) is 24.3 Å². The van der Waals surface area contributed by atoms with E-state index in [9.17, 15) is 13.2 Å². The molecular weight excluding hydrogens is 280 g/mol. The minimum absolute atomic E-state index is 0.164. The van der Waals surface area contributed by atoms with Gasteiger partial charge >= 0.3 is 0 Å². The Morgan fingerprint density at radius 3 is 2.55 bits per heavy atom. The van der Waals surface area contributed by atoms with Gasteiger partial charge in [-0.05, 0) is 26.0 Å². The van der Waals surface area contributed by atoms with Crippen molar-refractivity contribution in [2.45, 2.75) is 18.6 Å². The molecule has 0 aromatic heterocycles. The smallest absolute Gasteiger partial charge is 0.245 e. The molecule has 1 aromatic carbocycles. The summed E-state index contributed by atoms with van der Waals surface area (Å²) in [5.41, 5.74) is 0.324. The molecule has 0 radical (unpaired) electrons. The van der Waals surface area contributed by atoms with E-state index in [1.807, 2.05) is 6.07 Å². The van der Waals surface area contributed by atoms with Crippen molar-refractivity contribution >= 4 is 21.4 Å². The lowest BCUT2D eigenvalue weighted by Gasteiger charge is -2.22. The van der Waals surface area contributed by atoms with Gasteiger partial charge in [0.2, 0.25) is 5.91 Å². The van der Waals surface area contributed by atoms with Crippen molar-refractivity contribution in [2.24, 2.45) is 0 Å². The third kappa shape index (κ3) is 3.48. The molecule has 6 nitrogen and oxygen atoms in total. The van der Waals surface area contributed by atoms with Crippen LogP contribution in [-0.2, 0) is 14.6 Å². The number of carbonyl (C=O) groups is 1. The number of benzene rings is 1. The van der Waals surface area contributed by atoms with Gasteiger partial charge in [0.15, 0.2) is 16.4 Å². The summed E-state index contributed by atoms with van der Waals surface area (Å²) in [6, 6.07) is 8.33. The summed E-state index contributed by atoms with van der Waals surface area (Å²) in [6.45, 7) is 2.50. The van der Waals surface area contributed by atoms with Gasteiger partial charge in [0.05, 0.1) is 5.69 Å². The Hall–Kier alpha value is -2.07. The van der Waals surface area contributed by atoms with E-state index in [1.165, 1.54) is 13.8 Å². The van der Waals surface area contributed by atoms with E-state index in [-0.39, 0.29) is 6.61 Å². The van der Waals surface area contributed by atoms with Crippen LogP contribution in [0.4, 0.5) is 5.69 Å². The largest absolute Gasteiger partial charge is 0.477 e. The zero-order chi connectivity index (χ0) is 15.4. The number of rotatable bonds is 5. The van der Waals surface area contributed by atoms with Crippen LogP contribution in [0, 0.1) is 11.3 Å². The maximum absolute atomic E-state index is 12.1. The number of para-hydroxylation sites is 2. The fourth-order valence-electron chi connectivity index (χ4n) is 1.25. The fraction of sp³-hybridized carbons (Fsp3) is 0.385. The van der Waals surface area contributed by atoms with Crippen molar-refractivity contribution < 1.29 is 17.9 Å². The molecule has 7 heteroatoms. The second-order valence-corrected chi connectivity index (χ2v) is 7.24. The lowest BCUT2D eigenvalue weighted by atomic mass is 10.2. The Labute approximate surface area is 118 Å². The van der Waals surface area contributed by atoms with Crippen LogP contribution in [-0.4, -0.2) is 31.9 Å². The summed E-state index contributed by atoms with van der Waals surface area (Å²) >= 11 is 0. The monoisotopic (exact) mass is 296 g/mol. The predicted octanol–water partition coefficient (Wildman–Crippen LogP) is 1.35. The number of anilines is 1. The minimum Gasteiger partial charge on any atom is -0.477 e. The first-order chi connectivity index (χ1) is 9.20. The number of sulfone groups is 1. The van der Waals surface area contributed by atoms with Gasteiger partial charge in [-0.25, -0.2) is 8.42 Å². The molecule has 20 heavy (non-hydrogen) atoms. The molecule has 108 valence electrons. The second kappa shape index (κ2) is 5.92. The van der Waals surface area contributed by atoms with Crippen molar-refractivity contribution in [3.63, 3.8) is 0 Å². The van der Waals surface area contributed by atoms with Gasteiger partial charge in [0.25, 0.3) is 0 Å². The van der Waals surface area contributed by atoms with E-state index in [0.717, 1.165) is 6.26 Å². The van der Waals surface area contributed by atoms with Crippen LogP contribution in [0.5, 0.6) is 5.75 Å². The molecule has 0 bridgehead atoms. The van der Waals surface area contributed by atoms with Crippen molar-refractivity contribution in [1.82, 2.24) is 0 Å². The number of hydrogen-bond donors (Lipinski definition) is 1. The van der Waals surface area contributed by atoms with Gasteiger partial charge < -0.3 is 10.1 Å². The maximum Gasteiger partial charge on any atom is 0.245 e. The minimum atomic E-state index is -3.56. The zero-order valence-corrected chi connectivity index (χ0v) is 12.3. The standard InChI is InChI=1S/C13H16N2O4S/c1-13(2,20(3,17)18)12(16)15-10-6-4-5-7-11(10)19-9-8-14/h4-7H,9H2,1-3H3,(H,15,16). The highest BCUT2D eigenvalue weighted by molar-refractivity contribution is 7.92. The van der Waals surface area contributed by atoms with Gasteiger partial charge in [0.1, 0.15) is 16.6 Å². The summed E-state index contributed by atoms with van der Waals surface area (Å²) in [6.07, 6.45) is 1.00. The fourth-order valence-corrected chi connectivity index (χ4v) is 1.63. The van der Waals surface area contributed by atoms with Crippen molar-refractivity contribution in [3.8, 4) is 11.8 Å². The van der Waals surface area contributed by atoms with E-state index >= 15 is 0 Å². The van der Waals surface area contributed by atoms with Crippen LogP contribution in [0.25, 0.3) is 0 Å². The Kier molecular flexibility index (Phi) is 4.73. The Morgan fingerprint density at radius 2 is 2.00 bits per heavy atom. The average molecular weight is 296 g/mol.